The Balaban J connectivity index is 2.09. The fourth-order valence-corrected chi connectivity index (χ4v) is 4.82. The smallest absolute Gasteiger partial charge is 0.242 e. The molecule has 0 radical (unpaired) electrons. The zero-order chi connectivity index (χ0) is 26.7. The highest BCUT2D eigenvalue weighted by Crippen LogP contribution is 2.22. The molecule has 1 atom stereocenters. The van der Waals surface area contributed by atoms with Crippen LogP contribution in [0.3, 0.4) is 0 Å². The van der Waals surface area contributed by atoms with Gasteiger partial charge in [-0.05, 0) is 70.4 Å². The van der Waals surface area contributed by atoms with Crippen LogP contribution in [0.25, 0.3) is 0 Å². The first kappa shape index (κ1) is 29.2. The molecule has 0 aliphatic carbocycles. The molecule has 198 valence electrons. The van der Waals surface area contributed by atoms with Crippen molar-refractivity contribution in [2.24, 2.45) is 0 Å². The van der Waals surface area contributed by atoms with Crippen LogP contribution in [0.4, 0.5) is 5.69 Å². The van der Waals surface area contributed by atoms with Gasteiger partial charge in [0.2, 0.25) is 21.8 Å². The van der Waals surface area contributed by atoms with Gasteiger partial charge in [-0.25, -0.2) is 8.42 Å². The number of hydrogen-bond acceptors (Lipinski definition) is 5. The van der Waals surface area contributed by atoms with Gasteiger partial charge in [-0.2, -0.15) is 0 Å². The topological polar surface area (TPSA) is 96.0 Å². The second-order valence-corrected chi connectivity index (χ2v) is 10.9. The Morgan fingerprint density at radius 2 is 1.61 bits per heavy atom. The molecule has 0 unspecified atom stereocenters. The fourth-order valence-electron chi connectivity index (χ4n) is 3.85. The van der Waals surface area contributed by atoms with E-state index in [0.29, 0.717) is 37.4 Å². The lowest BCUT2D eigenvalue weighted by molar-refractivity contribution is -0.140. The Morgan fingerprint density at radius 3 is 2.17 bits per heavy atom. The Hall–Kier alpha value is -3.07. The summed E-state index contributed by atoms with van der Waals surface area (Å²) in [5.74, 6) is 0.267. The van der Waals surface area contributed by atoms with Crippen LogP contribution in [0.5, 0.6) is 5.75 Å². The molecule has 0 fully saturated rings. The number of sulfonamides is 1. The molecular weight excluding hydrogens is 478 g/mol. The molecule has 2 amide bonds. The van der Waals surface area contributed by atoms with Gasteiger partial charge in [-0.1, -0.05) is 30.3 Å². The second-order valence-electron chi connectivity index (χ2n) is 9.03. The number of anilines is 1. The quantitative estimate of drug-likeness (QED) is 0.413. The Kier molecular flexibility index (Phi) is 11.2. The van der Waals surface area contributed by atoms with Crippen molar-refractivity contribution in [2.45, 2.75) is 59.0 Å². The van der Waals surface area contributed by atoms with Gasteiger partial charge in [-0.3, -0.25) is 13.9 Å². The van der Waals surface area contributed by atoms with Gasteiger partial charge in [0.1, 0.15) is 11.8 Å². The van der Waals surface area contributed by atoms with Gasteiger partial charge in [-0.15, -0.1) is 0 Å². The monoisotopic (exact) mass is 517 g/mol. The molecule has 9 heteroatoms. The number of nitrogens with one attached hydrogen (secondary N) is 1. The van der Waals surface area contributed by atoms with E-state index >= 15 is 0 Å². The largest absolute Gasteiger partial charge is 0.494 e. The Bertz CT molecular complexity index is 1070. The molecule has 36 heavy (non-hydrogen) atoms. The molecule has 0 aliphatic heterocycles. The van der Waals surface area contributed by atoms with Crippen LogP contribution in [-0.2, 0) is 26.0 Å². The van der Waals surface area contributed by atoms with Gasteiger partial charge in [0.05, 0.1) is 18.6 Å². The summed E-state index contributed by atoms with van der Waals surface area (Å²) in [6.45, 7) is 8.42. The van der Waals surface area contributed by atoms with E-state index in [1.807, 2.05) is 51.1 Å². The van der Waals surface area contributed by atoms with Crippen molar-refractivity contribution >= 4 is 27.5 Å². The van der Waals surface area contributed by atoms with E-state index < -0.39 is 16.1 Å². The molecule has 0 saturated heterocycles. The van der Waals surface area contributed by atoms with Crippen LogP contribution in [0.1, 0.15) is 46.1 Å². The third kappa shape index (κ3) is 9.18. The van der Waals surface area contributed by atoms with Crippen LogP contribution >= 0.6 is 0 Å². The minimum Gasteiger partial charge on any atom is -0.494 e. The number of ether oxygens (including phenoxy) is 1. The highest BCUT2D eigenvalue weighted by Gasteiger charge is 2.26. The van der Waals surface area contributed by atoms with E-state index in [0.717, 1.165) is 11.8 Å². The Morgan fingerprint density at radius 1 is 0.972 bits per heavy atom. The summed E-state index contributed by atoms with van der Waals surface area (Å²) in [7, 11) is -3.55. The predicted molar refractivity (Wildman–Crippen MR) is 144 cm³/mol. The number of rotatable bonds is 14. The predicted octanol–water partition coefficient (Wildman–Crippen LogP) is 3.62. The van der Waals surface area contributed by atoms with Gasteiger partial charge in [0.25, 0.3) is 0 Å². The van der Waals surface area contributed by atoms with E-state index in [2.05, 4.69) is 5.32 Å². The van der Waals surface area contributed by atoms with Gasteiger partial charge in [0, 0.05) is 25.6 Å². The van der Waals surface area contributed by atoms with Crippen LogP contribution in [-0.4, -0.2) is 63.2 Å². The number of nitrogens with zero attached hydrogens (tertiary/aromatic N) is 2. The van der Waals surface area contributed by atoms with Gasteiger partial charge >= 0.3 is 0 Å². The number of hydrogen-bond donors (Lipinski definition) is 1. The number of carbonyl (C=O) groups excluding carboxylic acids is 2. The molecule has 2 aromatic carbocycles. The zero-order valence-electron chi connectivity index (χ0n) is 21.9. The molecule has 0 saturated carbocycles. The SMILES string of the molecule is CCOc1ccc(N(CCCC(=O)N(CCc2ccccc2)[C@@H](C)C(=O)NC(C)C)S(C)(=O)=O)cc1. The molecule has 1 N–H and O–H groups in total. The van der Waals surface area contributed by atoms with Crippen molar-refractivity contribution in [2.75, 3.05) is 30.3 Å². The van der Waals surface area contributed by atoms with Crippen molar-refractivity contribution in [1.29, 1.82) is 0 Å². The first-order valence-corrected chi connectivity index (χ1v) is 14.2. The lowest BCUT2D eigenvalue weighted by Gasteiger charge is -2.30. The molecule has 0 heterocycles. The highest BCUT2D eigenvalue weighted by atomic mass is 32.2. The number of carbonyl (C=O) groups is 2. The first-order valence-electron chi connectivity index (χ1n) is 12.4. The average Bonchev–Trinajstić information content (AvgIpc) is 2.82. The maximum absolute atomic E-state index is 13.2. The van der Waals surface area contributed by atoms with E-state index in [9.17, 15) is 18.0 Å². The fraction of sp³-hybridized carbons (Fsp3) is 0.481. The van der Waals surface area contributed by atoms with Crippen LogP contribution < -0.4 is 14.4 Å². The second kappa shape index (κ2) is 13.9. The normalized spacial score (nSPS) is 12.2. The van der Waals surface area contributed by atoms with E-state index in [-0.39, 0.29) is 30.8 Å². The summed E-state index contributed by atoms with van der Waals surface area (Å²) in [5, 5.41) is 2.87. The first-order chi connectivity index (χ1) is 17.0. The molecule has 0 spiro atoms. The molecule has 8 nitrogen and oxygen atoms in total. The highest BCUT2D eigenvalue weighted by molar-refractivity contribution is 7.92. The summed E-state index contributed by atoms with van der Waals surface area (Å²) in [4.78, 5) is 27.5. The third-order valence-corrected chi connectivity index (χ3v) is 6.86. The zero-order valence-corrected chi connectivity index (χ0v) is 22.8. The third-order valence-electron chi connectivity index (χ3n) is 5.67. The van der Waals surface area contributed by atoms with Crippen LogP contribution in [0.15, 0.2) is 54.6 Å². The minimum absolute atomic E-state index is 0.0385. The standard InChI is InChI=1S/C27H39N3O5S/c1-6-35-25-16-14-24(15-17-25)30(36(5,33)34)19-10-13-26(31)29(22(4)27(32)28-21(2)3)20-18-23-11-8-7-9-12-23/h7-9,11-12,14-17,21-22H,6,10,13,18-20H2,1-5H3,(H,28,32)/t22-/m0/s1. The lowest BCUT2D eigenvalue weighted by Crippen LogP contribution is -2.50. The van der Waals surface area contributed by atoms with Crippen LogP contribution in [0.2, 0.25) is 0 Å². The molecule has 2 aromatic rings. The molecule has 2 rings (SSSR count). The number of benzene rings is 2. The minimum atomic E-state index is -3.55. The van der Waals surface area contributed by atoms with E-state index in [1.54, 1.807) is 36.1 Å². The summed E-state index contributed by atoms with van der Waals surface area (Å²) < 4.78 is 31.6. The summed E-state index contributed by atoms with van der Waals surface area (Å²) in [5.41, 5.74) is 1.59. The van der Waals surface area contributed by atoms with E-state index in [4.69, 9.17) is 4.74 Å². The van der Waals surface area contributed by atoms with Crippen molar-refractivity contribution in [3.63, 3.8) is 0 Å². The number of amides is 2. The van der Waals surface area contributed by atoms with Crippen molar-refractivity contribution in [1.82, 2.24) is 10.2 Å². The lowest BCUT2D eigenvalue weighted by atomic mass is 10.1. The van der Waals surface area contributed by atoms with Crippen molar-refractivity contribution in [3.05, 3.63) is 60.2 Å². The van der Waals surface area contributed by atoms with E-state index in [1.165, 1.54) is 4.31 Å². The van der Waals surface area contributed by atoms with Crippen LogP contribution in [0, 0.1) is 0 Å². The molecule has 0 aliphatic rings. The maximum Gasteiger partial charge on any atom is 0.242 e. The summed E-state index contributed by atoms with van der Waals surface area (Å²) in [6.07, 6.45) is 2.21. The van der Waals surface area contributed by atoms with Crippen molar-refractivity contribution < 1.29 is 22.7 Å². The molecule has 0 aromatic heterocycles. The maximum atomic E-state index is 13.2. The van der Waals surface area contributed by atoms with Crippen molar-refractivity contribution in [3.8, 4) is 5.75 Å². The molecule has 0 bridgehead atoms. The summed E-state index contributed by atoms with van der Waals surface area (Å²) >= 11 is 0. The Labute approximate surface area is 215 Å². The molecular formula is C27H39N3O5S. The van der Waals surface area contributed by atoms with Gasteiger partial charge < -0.3 is 15.0 Å². The average molecular weight is 518 g/mol. The van der Waals surface area contributed by atoms with Gasteiger partial charge in [0.15, 0.2) is 0 Å². The summed E-state index contributed by atoms with van der Waals surface area (Å²) in [6, 6.07) is 16.0.